The zero-order chi connectivity index (χ0) is 19.1. The van der Waals surface area contributed by atoms with Crippen LogP contribution in [0.4, 0.5) is 0 Å². The van der Waals surface area contributed by atoms with Crippen LogP contribution in [0.25, 0.3) is 11.3 Å². The van der Waals surface area contributed by atoms with Crippen LogP contribution in [-0.4, -0.2) is 20.1 Å². The SMILES string of the molecule is COc1ccc(-c2ccc(CCC(=O)NCc3ccccc3OC)o2)cc1. The van der Waals surface area contributed by atoms with Gasteiger partial charge in [0, 0.05) is 30.5 Å². The van der Waals surface area contributed by atoms with Gasteiger partial charge in [-0.15, -0.1) is 0 Å². The number of carbonyl (C=O) groups excluding carboxylic acids is 1. The van der Waals surface area contributed by atoms with E-state index in [0.717, 1.165) is 34.1 Å². The van der Waals surface area contributed by atoms with Crippen LogP contribution in [0.15, 0.2) is 65.1 Å². The summed E-state index contributed by atoms with van der Waals surface area (Å²) in [5.74, 6) is 3.11. The molecule has 3 aromatic rings. The Morgan fingerprint density at radius 3 is 2.48 bits per heavy atom. The summed E-state index contributed by atoms with van der Waals surface area (Å²) in [5.41, 5.74) is 1.93. The summed E-state index contributed by atoms with van der Waals surface area (Å²) in [4.78, 5) is 12.1. The molecule has 0 radical (unpaired) electrons. The van der Waals surface area contributed by atoms with Gasteiger partial charge in [-0.3, -0.25) is 4.79 Å². The van der Waals surface area contributed by atoms with E-state index in [2.05, 4.69) is 5.32 Å². The molecule has 0 bridgehead atoms. The summed E-state index contributed by atoms with van der Waals surface area (Å²) in [7, 11) is 3.26. The van der Waals surface area contributed by atoms with Crippen molar-refractivity contribution >= 4 is 5.91 Å². The zero-order valence-electron chi connectivity index (χ0n) is 15.5. The standard InChI is InChI=1S/C22H23NO4/c1-25-18-9-7-16(8-10-18)21-13-11-19(27-21)12-14-22(24)23-15-17-5-3-4-6-20(17)26-2/h3-11,13H,12,14-15H2,1-2H3,(H,23,24). The summed E-state index contributed by atoms with van der Waals surface area (Å²) < 4.78 is 16.3. The van der Waals surface area contributed by atoms with Crippen molar-refractivity contribution in [3.8, 4) is 22.8 Å². The molecule has 5 nitrogen and oxygen atoms in total. The number of hydrogen-bond donors (Lipinski definition) is 1. The lowest BCUT2D eigenvalue weighted by Gasteiger charge is -2.09. The maximum atomic E-state index is 12.1. The van der Waals surface area contributed by atoms with Crippen molar-refractivity contribution in [1.82, 2.24) is 5.32 Å². The minimum absolute atomic E-state index is 0.0247. The molecule has 0 atom stereocenters. The predicted octanol–water partition coefficient (Wildman–Crippen LogP) is 4.21. The Morgan fingerprint density at radius 2 is 1.74 bits per heavy atom. The van der Waals surface area contributed by atoms with Crippen LogP contribution in [0.5, 0.6) is 11.5 Å². The van der Waals surface area contributed by atoms with Crippen molar-refractivity contribution in [3.63, 3.8) is 0 Å². The molecule has 0 saturated heterocycles. The van der Waals surface area contributed by atoms with Gasteiger partial charge in [0.1, 0.15) is 23.0 Å². The lowest BCUT2D eigenvalue weighted by atomic mass is 10.1. The lowest BCUT2D eigenvalue weighted by Crippen LogP contribution is -2.23. The van der Waals surface area contributed by atoms with Crippen molar-refractivity contribution in [3.05, 3.63) is 72.0 Å². The Kier molecular flexibility index (Phi) is 6.15. The fourth-order valence-corrected chi connectivity index (χ4v) is 2.79. The first-order chi connectivity index (χ1) is 13.2. The number of nitrogens with one attached hydrogen (secondary N) is 1. The van der Waals surface area contributed by atoms with Gasteiger partial charge in [-0.1, -0.05) is 18.2 Å². The first-order valence-electron chi connectivity index (χ1n) is 8.81. The number of benzene rings is 2. The monoisotopic (exact) mass is 365 g/mol. The van der Waals surface area contributed by atoms with Crippen molar-refractivity contribution < 1.29 is 18.7 Å². The van der Waals surface area contributed by atoms with Crippen molar-refractivity contribution in [2.75, 3.05) is 14.2 Å². The number of methoxy groups -OCH3 is 2. The van der Waals surface area contributed by atoms with Crippen LogP contribution >= 0.6 is 0 Å². The van der Waals surface area contributed by atoms with Crippen molar-refractivity contribution in [1.29, 1.82) is 0 Å². The lowest BCUT2D eigenvalue weighted by molar-refractivity contribution is -0.121. The summed E-state index contributed by atoms with van der Waals surface area (Å²) in [5, 5.41) is 2.92. The van der Waals surface area contributed by atoms with Gasteiger partial charge in [0.15, 0.2) is 0 Å². The maximum absolute atomic E-state index is 12.1. The summed E-state index contributed by atoms with van der Waals surface area (Å²) in [6.07, 6.45) is 0.915. The second-order valence-electron chi connectivity index (χ2n) is 6.08. The molecular formula is C22H23NO4. The third-order valence-electron chi connectivity index (χ3n) is 4.30. The van der Waals surface area contributed by atoms with Gasteiger partial charge in [0.25, 0.3) is 0 Å². The normalized spacial score (nSPS) is 10.4. The average molecular weight is 365 g/mol. The number of carbonyl (C=O) groups is 1. The van der Waals surface area contributed by atoms with Gasteiger partial charge in [0.05, 0.1) is 14.2 Å². The Morgan fingerprint density at radius 1 is 0.963 bits per heavy atom. The smallest absolute Gasteiger partial charge is 0.220 e. The minimum Gasteiger partial charge on any atom is -0.497 e. The van der Waals surface area contributed by atoms with E-state index in [1.54, 1.807) is 14.2 Å². The van der Waals surface area contributed by atoms with Gasteiger partial charge < -0.3 is 19.2 Å². The van der Waals surface area contributed by atoms with Gasteiger partial charge in [-0.05, 0) is 42.5 Å². The van der Waals surface area contributed by atoms with Gasteiger partial charge in [0.2, 0.25) is 5.91 Å². The third kappa shape index (κ3) is 4.91. The molecule has 2 aromatic carbocycles. The van der Waals surface area contributed by atoms with Crippen LogP contribution in [0.3, 0.4) is 0 Å². The highest BCUT2D eigenvalue weighted by Crippen LogP contribution is 2.25. The fraction of sp³-hybridized carbons (Fsp3) is 0.227. The van der Waals surface area contributed by atoms with E-state index in [4.69, 9.17) is 13.9 Å². The molecule has 27 heavy (non-hydrogen) atoms. The first kappa shape index (κ1) is 18.6. The van der Waals surface area contributed by atoms with E-state index >= 15 is 0 Å². The molecule has 1 aromatic heterocycles. The largest absolute Gasteiger partial charge is 0.497 e. The molecule has 5 heteroatoms. The molecule has 0 fully saturated rings. The predicted molar refractivity (Wildman–Crippen MR) is 104 cm³/mol. The molecule has 0 aliphatic rings. The summed E-state index contributed by atoms with van der Waals surface area (Å²) >= 11 is 0. The molecule has 3 rings (SSSR count). The van der Waals surface area contributed by atoms with Crippen LogP contribution < -0.4 is 14.8 Å². The van der Waals surface area contributed by atoms with Crippen LogP contribution in [-0.2, 0) is 17.8 Å². The minimum atomic E-state index is -0.0247. The van der Waals surface area contributed by atoms with E-state index in [1.807, 2.05) is 60.7 Å². The van der Waals surface area contributed by atoms with E-state index in [9.17, 15) is 4.79 Å². The molecule has 140 valence electrons. The highest BCUT2D eigenvalue weighted by molar-refractivity contribution is 5.76. The van der Waals surface area contributed by atoms with Crippen molar-refractivity contribution in [2.45, 2.75) is 19.4 Å². The Labute approximate surface area is 158 Å². The molecular weight excluding hydrogens is 342 g/mol. The topological polar surface area (TPSA) is 60.7 Å². The second-order valence-corrected chi connectivity index (χ2v) is 6.08. The average Bonchev–Trinajstić information content (AvgIpc) is 3.20. The van der Waals surface area contributed by atoms with Gasteiger partial charge in [-0.2, -0.15) is 0 Å². The molecule has 0 aliphatic heterocycles. The number of rotatable bonds is 8. The fourth-order valence-electron chi connectivity index (χ4n) is 2.79. The number of para-hydroxylation sites is 1. The van der Waals surface area contributed by atoms with Crippen LogP contribution in [0.2, 0.25) is 0 Å². The van der Waals surface area contributed by atoms with Crippen LogP contribution in [0.1, 0.15) is 17.7 Å². The first-order valence-corrected chi connectivity index (χ1v) is 8.81. The zero-order valence-corrected chi connectivity index (χ0v) is 15.5. The van der Waals surface area contributed by atoms with Crippen LogP contribution in [0, 0.1) is 0 Å². The number of aryl methyl sites for hydroxylation is 1. The van der Waals surface area contributed by atoms with E-state index in [1.165, 1.54) is 0 Å². The van der Waals surface area contributed by atoms with Gasteiger partial charge in [-0.25, -0.2) is 0 Å². The van der Waals surface area contributed by atoms with E-state index in [0.29, 0.717) is 19.4 Å². The molecule has 0 unspecified atom stereocenters. The summed E-state index contributed by atoms with van der Waals surface area (Å²) in [6.45, 7) is 0.443. The second kappa shape index (κ2) is 8.94. The maximum Gasteiger partial charge on any atom is 0.220 e. The molecule has 1 N–H and O–H groups in total. The van der Waals surface area contributed by atoms with Crippen molar-refractivity contribution in [2.24, 2.45) is 0 Å². The van der Waals surface area contributed by atoms with E-state index < -0.39 is 0 Å². The Balaban J connectivity index is 1.51. The summed E-state index contributed by atoms with van der Waals surface area (Å²) in [6, 6.07) is 19.2. The Bertz CT molecular complexity index is 883. The molecule has 1 amide bonds. The number of amides is 1. The number of ether oxygens (including phenoxy) is 2. The highest BCUT2D eigenvalue weighted by atomic mass is 16.5. The molecule has 1 heterocycles. The van der Waals surface area contributed by atoms with E-state index in [-0.39, 0.29) is 5.91 Å². The van der Waals surface area contributed by atoms with Gasteiger partial charge >= 0.3 is 0 Å². The quantitative estimate of drug-likeness (QED) is 0.649. The number of furan rings is 1. The number of hydrogen-bond acceptors (Lipinski definition) is 4. The molecule has 0 spiro atoms. The third-order valence-corrected chi connectivity index (χ3v) is 4.30. The highest BCUT2D eigenvalue weighted by Gasteiger charge is 2.09. The molecule has 0 aliphatic carbocycles. The molecule has 0 saturated carbocycles. The Hall–Kier alpha value is -3.21.